The van der Waals surface area contributed by atoms with Crippen molar-refractivity contribution in [2.75, 3.05) is 0 Å². The summed E-state index contributed by atoms with van der Waals surface area (Å²) in [5, 5.41) is 3.92. The molecule has 0 saturated heterocycles. The third-order valence-corrected chi connectivity index (χ3v) is 6.97. The van der Waals surface area contributed by atoms with Gasteiger partial charge in [-0.05, 0) is 62.9 Å². The molecule has 0 unspecified atom stereocenters. The van der Waals surface area contributed by atoms with E-state index in [-0.39, 0.29) is 22.8 Å². The molecule has 0 radical (unpaired) electrons. The number of hydrogen-bond acceptors (Lipinski definition) is 4. The molecule has 1 amide bonds. The van der Waals surface area contributed by atoms with E-state index in [2.05, 4.69) is 5.32 Å². The van der Waals surface area contributed by atoms with Crippen LogP contribution in [0.1, 0.15) is 43.7 Å². The SMILES string of the molecule is Cc1cccc(-n2c(S[C@H](C)C(=O)NC3CCCC3)nc3ccccc3c2=O)c1C. The zero-order valence-electron chi connectivity index (χ0n) is 17.6. The van der Waals surface area contributed by atoms with Crippen molar-refractivity contribution >= 4 is 28.6 Å². The van der Waals surface area contributed by atoms with E-state index in [9.17, 15) is 9.59 Å². The van der Waals surface area contributed by atoms with E-state index in [0.717, 1.165) is 29.7 Å². The number of amides is 1. The van der Waals surface area contributed by atoms with Crippen LogP contribution in [0, 0.1) is 13.8 Å². The zero-order valence-corrected chi connectivity index (χ0v) is 18.5. The number of para-hydroxylation sites is 1. The molecule has 1 aliphatic carbocycles. The van der Waals surface area contributed by atoms with Crippen molar-refractivity contribution in [1.82, 2.24) is 14.9 Å². The van der Waals surface area contributed by atoms with Gasteiger partial charge in [0.05, 0.1) is 21.8 Å². The molecule has 0 aliphatic heterocycles. The number of nitrogens with zero attached hydrogens (tertiary/aromatic N) is 2. The molecule has 1 N–H and O–H groups in total. The highest BCUT2D eigenvalue weighted by Crippen LogP contribution is 2.28. The fourth-order valence-corrected chi connectivity index (χ4v) is 4.91. The lowest BCUT2D eigenvalue weighted by Crippen LogP contribution is -2.38. The predicted molar refractivity (Wildman–Crippen MR) is 123 cm³/mol. The lowest BCUT2D eigenvalue weighted by Gasteiger charge is -2.19. The largest absolute Gasteiger partial charge is 0.352 e. The van der Waals surface area contributed by atoms with Gasteiger partial charge in [-0.3, -0.25) is 14.2 Å². The number of benzene rings is 2. The first-order valence-electron chi connectivity index (χ1n) is 10.5. The second-order valence-corrected chi connectivity index (χ2v) is 9.33. The molecule has 3 aromatic rings. The number of carbonyl (C=O) groups excluding carboxylic acids is 1. The lowest BCUT2D eigenvalue weighted by molar-refractivity contribution is -0.120. The third kappa shape index (κ3) is 4.01. The zero-order chi connectivity index (χ0) is 21.3. The molecule has 156 valence electrons. The smallest absolute Gasteiger partial charge is 0.266 e. The van der Waals surface area contributed by atoms with Gasteiger partial charge in [-0.2, -0.15) is 0 Å². The van der Waals surface area contributed by atoms with Crippen LogP contribution in [-0.4, -0.2) is 26.8 Å². The maximum absolute atomic E-state index is 13.5. The van der Waals surface area contributed by atoms with Gasteiger partial charge >= 0.3 is 0 Å². The van der Waals surface area contributed by atoms with Gasteiger partial charge in [0.15, 0.2) is 5.16 Å². The van der Waals surface area contributed by atoms with Crippen LogP contribution < -0.4 is 10.9 Å². The van der Waals surface area contributed by atoms with Gasteiger partial charge in [0, 0.05) is 6.04 Å². The molecule has 0 bridgehead atoms. The van der Waals surface area contributed by atoms with Crippen molar-refractivity contribution in [2.24, 2.45) is 0 Å². The Bertz CT molecular complexity index is 1150. The summed E-state index contributed by atoms with van der Waals surface area (Å²) in [6, 6.07) is 13.6. The molecule has 1 aliphatic rings. The van der Waals surface area contributed by atoms with Crippen molar-refractivity contribution in [3.63, 3.8) is 0 Å². The fourth-order valence-electron chi connectivity index (χ4n) is 3.98. The summed E-state index contributed by atoms with van der Waals surface area (Å²) >= 11 is 1.34. The topological polar surface area (TPSA) is 64.0 Å². The van der Waals surface area contributed by atoms with E-state index in [4.69, 9.17) is 4.98 Å². The molecule has 1 fully saturated rings. The quantitative estimate of drug-likeness (QED) is 0.485. The molecule has 30 heavy (non-hydrogen) atoms. The van der Waals surface area contributed by atoms with Gasteiger partial charge in [-0.25, -0.2) is 4.98 Å². The molecule has 1 heterocycles. The summed E-state index contributed by atoms with van der Waals surface area (Å²) in [7, 11) is 0. The van der Waals surface area contributed by atoms with Crippen molar-refractivity contribution in [2.45, 2.75) is 62.9 Å². The standard InChI is InChI=1S/C24H27N3O2S/c1-15-9-8-14-21(16(15)2)27-23(29)19-12-6-7-13-20(19)26-24(27)30-17(3)22(28)25-18-10-4-5-11-18/h6-9,12-14,17-18H,4-5,10-11H2,1-3H3,(H,25,28)/t17-/m1/s1. The second-order valence-electron chi connectivity index (χ2n) is 8.02. The van der Waals surface area contributed by atoms with Crippen LogP contribution in [0.3, 0.4) is 0 Å². The number of aromatic nitrogens is 2. The van der Waals surface area contributed by atoms with Gasteiger partial charge < -0.3 is 5.32 Å². The number of aryl methyl sites for hydroxylation is 1. The second kappa shape index (κ2) is 8.64. The normalized spacial score (nSPS) is 15.4. The Morgan fingerprint density at radius 2 is 1.87 bits per heavy atom. The van der Waals surface area contributed by atoms with Gasteiger partial charge in [0.25, 0.3) is 5.56 Å². The Kier molecular flexibility index (Phi) is 5.95. The molecule has 1 atom stereocenters. The van der Waals surface area contributed by atoms with Crippen LogP contribution in [0.15, 0.2) is 52.4 Å². The molecule has 1 aromatic heterocycles. The summed E-state index contributed by atoms with van der Waals surface area (Å²) in [5.41, 5.74) is 3.48. The molecule has 0 spiro atoms. The molecular weight excluding hydrogens is 394 g/mol. The number of carbonyl (C=O) groups is 1. The first-order valence-corrected chi connectivity index (χ1v) is 11.4. The van der Waals surface area contributed by atoms with Crippen LogP contribution in [0.25, 0.3) is 16.6 Å². The average molecular weight is 422 g/mol. The van der Waals surface area contributed by atoms with Crippen LogP contribution >= 0.6 is 11.8 Å². The first-order chi connectivity index (χ1) is 14.5. The number of rotatable bonds is 5. The van der Waals surface area contributed by atoms with E-state index >= 15 is 0 Å². The Morgan fingerprint density at radius 3 is 2.63 bits per heavy atom. The Hall–Kier alpha value is -2.60. The summed E-state index contributed by atoms with van der Waals surface area (Å²) in [5.74, 6) is 0.00169. The monoisotopic (exact) mass is 421 g/mol. The highest BCUT2D eigenvalue weighted by Gasteiger charge is 2.24. The van der Waals surface area contributed by atoms with Crippen molar-refractivity contribution in [3.8, 4) is 5.69 Å². The average Bonchev–Trinajstić information content (AvgIpc) is 3.24. The molecule has 2 aromatic carbocycles. The molecular formula is C24H27N3O2S. The van der Waals surface area contributed by atoms with Crippen LogP contribution in [0.4, 0.5) is 0 Å². The Morgan fingerprint density at radius 1 is 1.13 bits per heavy atom. The summed E-state index contributed by atoms with van der Waals surface area (Å²) in [4.78, 5) is 31.0. The number of hydrogen-bond donors (Lipinski definition) is 1. The minimum atomic E-state index is -0.352. The minimum Gasteiger partial charge on any atom is -0.352 e. The van der Waals surface area contributed by atoms with Crippen molar-refractivity contribution in [3.05, 3.63) is 63.9 Å². The number of fused-ring (bicyclic) bond motifs is 1. The number of nitrogens with one attached hydrogen (secondary N) is 1. The first kappa shape index (κ1) is 20.7. The van der Waals surface area contributed by atoms with Crippen molar-refractivity contribution < 1.29 is 4.79 Å². The van der Waals surface area contributed by atoms with Crippen molar-refractivity contribution in [1.29, 1.82) is 0 Å². The molecule has 1 saturated carbocycles. The van der Waals surface area contributed by atoms with E-state index in [1.807, 2.05) is 57.2 Å². The highest BCUT2D eigenvalue weighted by atomic mass is 32.2. The fraction of sp³-hybridized carbons (Fsp3) is 0.375. The maximum atomic E-state index is 13.5. The van der Waals surface area contributed by atoms with Gasteiger partial charge in [0.2, 0.25) is 5.91 Å². The van der Waals surface area contributed by atoms with E-state index in [0.29, 0.717) is 16.1 Å². The Labute approximate surface area is 180 Å². The van der Waals surface area contributed by atoms with Crippen LogP contribution in [0.2, 0.25) is 0 Å². The summed E-state index contributed by atoms with van der Waals surface area (Å²) < 4.78 is 1.66. The Balaban J connectivity index is 1.77. The third-order valence-electron chi connectivity index (χ3n) is 5.91. The van der Waals surface area contributed by atoms with Gasteiger partial charge in [-0.1, -0.05) is 48.9 Å². The van der Waals surface area contributed by atoms with Crippen LogP contribution in [-0.2, 0) is 4.79 Å². The number of thioether (sulfide) groups is 1. The highest BCUT2D eigenvalue weighted by molar-refractivity contribution is 8.00. The summed E-state index contributed by atoms with van der Waals surface area (Å²) in [6.07, 6.45) is 4.44. The van der Waals surface area contributed by atoms with E-state index < -0.39 is 0 Å². The lowest BCUT2D eigenvalue weighted by atomic mass is 10.1. The van der Waals surface area contributed by atoms with Gasteiger partial charge in [-0.15, -0.1) is 0 Å². The molecule has 4 rings (SSSR count). The molecule has 6 heteroatoms. The predicted octanol–water partition coefficient (Wildman–Crippen LogP) is 4.54. The van der Waals surface area contributed by atoms with Crippen LogP contribution in [0.5, 0.6) is 0 Å². The molecule has 5 nitrogen and oxygen atoms in total. The minimum absolute atomic E-state index is 0.00169. The summed E-state index contributed by atoms with van der Waals surface area (Å²) in [6.45, 7) is 5.92. The van der Waals surface area contributed by atoms with E-state index in [1.165, 1.54) is 24.6 Å². The van der Waals surface area contributed by atoms with E-state index in [1.54, 1.807) is 10.6 Å². The maximum Gasteiger partial charge on any atom is 0.266 e. The van der Waals surface area contributed by atoms with Gasteiger partial charge in [0.1, 0.15) is 0 Å².